The molecular formula is C13H12ClN5. The van der Waals surface area contributed by atoms with Crippen molar-refractivity contribution in [3.05, 3.63) is 35.1 Å². The largest absolute Gasteiger partial charge is 0.396 e. The van der Waals surface area contributed by atoms with Gasteiger partial charge < -0.3 is 11.5 Å². The van der Waals surface area contributed by atoms with Gasteiger partial charge in [0.2, 0.25) is 0 Å². The first-order chi connectivity index (χ1) is 9.08. The SMILES string of the molecule is Cc1c(-c2cc(Cl)c3[nH]ncc3c2)cnc(N)c1N. The topological polar surface area (TPSA) is 93.6 Å². The Morgan fingerprint density at radius 1 is 1.21 bits per heavy atom. The highest BCUT2D eigenvalue weighted by Gasteiger charge is 2.11. The zero-order valence-electron chi connectivity index (χ0n) is 10.2. The van der Waals surface area contributed by atoms with Gasteiger partial charge in [-0.05, 0) is 30.2 Å². The molecule has 2 heterocycles. The van der Waals surface area contributed by atoms with E-state index in [1.807, 2.05) is 19.1 Å². The molecule has 3 rings (SSSR count). The van der Waals surface area contributed by atoms with Gasteiger partial charge in [-0.1, -0.05) is 11.6 Å². The summed E-state index contributed by atoms with van der Waals surface area (Å²) >= 11 is 6.23. The van der Waals surface area contributed by atoms with Crippen LogP contribution in [-0.4, -0.2) is 15.2 Å². The van der Waals surface area contributed by atoms with Gasteiger partial charge in [-0.15, -0.1) is 0 Å². The molecule has 3 aromatic rings. The predicted octanol–water partition coefficient (Wildman–Crippen LogP) is 2.75. The molecule has 0 bridgehead atoms. The maximum Gasteiger partial charge on any atom is 0.146 e. The van der Waals surface area contributed by atoms with Crippen molar-refractivity contribution >= 4 is 34.0 Å². The fourth-order valence-electron chi connectivity index (χ4n) is 2.10. The molecule has 2 aromatic heterocycles. The number of pyridine rings is 1. The van der Waals surface area contributed by atoms with Gasteiger partial charge >= 0.3 is 0 Å². The molecule has 1 aromatic carbocycles. The van der Waals surface area contributed by atoms with E-state index < -0.39 is 0 Å². The Hall–Kier alpha value is -2.27. The highest BCUT2D eigenvalue weighted by molar-refractivity contribution is 6.35. The second-order valence-corrected chi connectivity index (χ2v) is 4.80. The van der Waals surface area contributed by atoms with Gasteiger partial charge in [-0.25, -0.2) is 4.98 Å². The van der Waals surface area contributed by atoms with Gasteiger partial charge in [-0.2, -0.15) is 5.10 Å². The Balaban J connectivity index is 2.27. The molecule has 0 atom stereocenters. The third-order valence-corrected chi connectivity index (χ3v) is 3.53. The molecule has 6 heteroatoms. The quantitative estimate of drug-likeness (QED) is 0.635. The number of nitrogens with zero attached hydrogens (tertiary/aromatic N) is 2. The van der Waals surface area contributed by atoms with Gasteiger partial charge in [0, 0.05) is 17.1 Å². The Labute approximate surface area is 114 Å². The second kappa shape index (κ2) is 4.13. The molecule has 0 spiro atoms. The van der Waals surface area contributed by atoms with Crippen molar-refractivity contribution < 1.29 is 0 Å². The van der Waals surface area contributed by atoms with Crippen molar-refractivity contribution in [2.75, 3.05) is 11.5 Å². The molecule has 0 radical (unpaired) electrons. The van der Waals surface area contributed by atoms with E-state index >= 15 is 0 Å². The number of aromatic amines is 1. The first-order valence-corrected chi connectivity index (χ1v) is 6.09. The van der Waals surface area contributed by atoms with Crippen LogP contribution in [0.3, 0.4) is 0 Å². The monoisotopic (exact) mass is 273 g/mol. The van der Waals surface area contributed by atoms with Crippen LogP contribution in [0.2, 0.25) is 5.02 Å². The van der Waals surface area contributed by atoms with Crippen LogP contribution in [0.1, 0.15) is 5.56 Å². The minimum Gasteiger partial charge on any atom is -0.396 e. The molecule has 0 aliphatic heterocycles. The van der Waals surface area contributed by atoms with E-state index in [-0.39, 0.29) is 0 Å². The first kappa shape index (κ1) is 11.8. The summed E-state index contributed by atoms with van der Waals surface area (Å²) in [5, 5.41) is 8.39. The predicted molar refractivity (Wildman–Crippen MR) is 77.9 cm³/mol. The third-order valence-electron chi connectivity index (χ3n) is 3.23. The van der Waals surface area contributed by atoms with Crippen molar-refractivity contribution in [1.29, 1.82) is 0 Å². The van der Waals surface area contributed by atoms with Gasteiger partial charge in [0.05, 0.1) is 22.4 Å². The van der Waals surface area contributed by atoms with E-state index in [2.05, 4.69) is 15.2 Å². The van der Waals surface area contributed by atoms with Crippen LogP contribution in [0, 0.1) is 6.92 Å². The molecule has 0 unspecified atom stereocenters. The molecule has 5 N–H and O–H groups in total. The maximum atomic E-state index is 6.23. The standard InChI is InChI=1S/C13H12ClN5/c1-6-9(5-17-13(16)11(6)15)7-2-8-4-18-19-12(8)10(14)3-7/h2-5H,15H2,1H3,(H2,16,17)(H,18,19). The number of fused-ring (bicyclic) bond motifs is 1. The van der Waals surface area contributed by atoms with Gasteiger partial charge in [0.1, 0.15) is 5.82 Å². The summed E-state index contributed by atoms with van der Waals surface area (Å²) in [7, 11) is 0. The number of nitrogens with one attached hydrogen (secondary N) is 1. The highest BCUT2D eigenvalue weighted by Crippen LogP contribution is 2.33. The third kappa shape index (κ3) is 1.79. The average molecular weight is 274 g/mol. The lowest BCUT2D eigenvalue weighted by molar-refractivity contribution is 1.12. The van der Waals surface area contributed by atoms with Crippen molar-refractivity contribution in [3.8, 4) is 11.1 Å². The number of anilines is 2. The van der Waals surface area contributed by atoms with E-state index in [0.717, 1.165) is 27.6 Å². The van der Waals surface area contributed by atoms with Crippen molar-refractivity contribution in [2.45, 2.75) is 6.92 Å². The van der Waals surface area contributed by atoms with Crippen LogP contribution in [0.25, 0.3) is 22.0 Å². The minimum atomic E-state index is 0.344. The minimum absolute atomic E-state index is 0.344. The molecule has 96 valence electrons. The Morgan fingerprint density at radius 3 is 2.79 bits per heavy atom. The summed E-state index contributed by atoms with van der Waals surface area (Å²) < 4.78 is 0. The Kier molecular flexibility index (Phi) is 2.57. The number of rotatable bonds is 1. The zero-order valence-corrected chi connectivity index (χ0v) is 11.0. The Morgan fingerprint density at radius 2 is 2.00 bits per heavy atom. The molecule has 0 saturated heterocycles. The fourth-order valence-corrected chi connectivity index (χ4v) is 2.37. The smallest absolute Gasteiger partial charge is 0.146 e. The number of nitrogen functional groups attached to an aromatic ring is 2. The van der Waals surface area contributed by atoms with Crippen LogP contribution >= 0.6 is 11.6 Å². The van der Waals surface area contributed by atoms with Crippen LogP contribution in [0.15, 0.2) is 24.5 Å². The molecule has 0 amide bonds. The number of hydrogen-bond acceptors (Lipinski definition) is 4. The van der Waals surface area contributed by atoms with Crippen molar-refractivity contribution in [2.24, 2.45) is 0 Å². The normalized spacial score (nSPS) is 11.1. The lowest BCUT2D eigenvalue weighted by Crippen LogP contribution is -2.01. The van der Waals surface area contributed by atoms with Crippen molar-refractivity contribution in [3.63, 3.8) is 0 Å². The summed E-state index contributed by atoms with van der Waals surface area (Å²) in [5.74, 6) is 0.344. The summed E-state index contributed by atoms with van der Waals surface area (Å²) in [6, 6.07) is 3.85. The van der Waals surface area contributed by atoms with Crippen LogP contribution in [0.5, 0.6) is 0 Å². The lowest BCUT2D eigenvalue weighted by atomic mass is 10.0. The van der Waals surface area contributed by atoms with E-state index in [4.69, 9.17) is 23.1 Å². The van der Waals surface area contributed by atoms with Crippen LogP contribution < -0.4 is 11.5 Å². The molecule has 0 fully saturated rings. The fraction of sp³-hybridized carbons (Fsp3) is 0.0769. The number of benzene rings is 1. The first-order valence-electron chi connectivity index (χ1n) is 5.71. The number of nitrogens with two attached hydrogens (primary N) is 2. The lowest BCUT2D eigenvalue weighted by Gasteiger charge is -2.10. The van der Waals surface area contributed by atoms with Crippen LogP contribution in [-0.2, 0) is 0 Å². The molecule has 0 aliphatic rings. The highest BCUT2D eigenvalue weighted by atomic mass is 35.5. The second-order valence-electron chi connectivity index (χ2n) is 4.39. The molecule has 0 aliphatic carbocycles. The van der Waals surface area contributed by atoms with Gasteiger partial charge in [-0.3, -0.25) is 5.10 Å². The van der Waals surface area contributed by atoms with E-state index in [9.17, 15) is 0 Å². The Bertz CT molecular complexity index is 778. The molecular weight excluding hydrogens is 262 g/mol. The number of halogens is 1. The van der Waals surface area contributed by atoms with Crippen LogP contribution in [0.4, 0.5) is 11.5 Å². The summed E-state index contributed by atoms with van der Waals surface area (Å²) in [6.45, 7) is 1.91. The van der Waals surface area contributed by atoms with E-state index in [1.165, 1.54) is 0 Å². The summed E-state index contributed by atoms with van der Waals surface area (Å²) in [6.07, 6.45) is 3.44. The summed E-state index contributed by atoms with van der Waals surface area (Å²) in [5.41, 5.74) is 15.7. The molecule has 0 saturated carbocycles. The summed E-state index contributed by atoms with van der Waals surface area (Å²) in [4.78, 5) is 4.10. The van der Waals surface area contributed by atoms with E-state index in [0.29, 0.717) is 16.5 Å². The van der Waals surface area contributed by atoms with Crippen molar-refractivity contribution in [1.82, 2.24) is 15.2 Å². The molecule has 19 heavy (non-hydrogen) atoms. The average Bonchev–Trinajstić information content (AvgIpc) is 2.85. The maximum absolute atomic E-state index is 6.23. The van der Waals surface area contributed by atoms with E-state index in [1.54, 1.807) is 12.4 Å². The zero-order chi connectivity index (χ0) is 13.6. The number of aromatic nitrogens is 3. The molecule has 5 nitrogen and oxygen atoms in total. The number of hydrogen-bond donors (Lipinski definition) is 3. The van der Waals surface area contributed by atoms with Gasteiger partial charge in [0.25, 0.3) is 0 Å². The van der Waals surface area contributed by atoms with Gasteiger partial charge in [0.15, 0.2) is 0 Å². The number of H-pyrrole nitrogens is 1.